The Labute approximate surface area is 153 Å². The Morgan fingerprint density at radius 3 is 2.23 bits per heavy atom. The highest BCUT2D eigenvalue weighted by Gasteiger charge is 2.37. The topological polar surface area (TPSA) is 87.7 Å². The third-order valence-electron chi connectivity index (χ3n) is 4.81. The Morgan fingerprint density at radius 1 is 1.00 bits per heavy atom. The number of carbonyl (C=O) groups is 3. The molecule has 1 aromatic carbocycles. The van der Waals surface area contributed by atoms with E-state index in [1.165, 1.54) is 13.8 Å². The summed E-state index contributed by atoms with van der Waals surface area (Å²) in [6.07, 6.45) is 4.26. The van der Waals surface area contributed by atoms with Gasteiger partial charge in [0.05, 0.1) is 18.8 Å². The average Bonchev–Trinajstić information content (AvgIpc) is 2.59. The Kier molecular flexibility index (Phi) is 5.56. The van der Waals surface area contributed by atoms with Crippen LogP contribution in [-0.4, -0.2) is 47.9 Å². The molecule has 2 atom stereocenters. The lowest BCUT2D eigenvalue weighted by molar-refractivity contribution is -0.115. The maximum absolute atomic E-state index is 13.2. The highest BCUT2D eigenvalue weighted by molar-refractivity contribution is 6.00. The molecule has 140 valence electrons. The first-order valence-electron chi connectivity index (χ1n) is 9.07. The minimum absolute atomic E-state index is 0.0935. The van der Waals surface area contributed by atoms with E-state index in [0.717, 1.165) is 25.7 Å². The van der Waals surface area contributed by atoms with Gasteiger partial charge in [0.2, 0.25) is 11.8 Å². The van der Waals surface area contributed by atoms with E-state index in [-0.39, 0.29) is 29.9 Å². The monoisotopic (exact) mass is 359 g/mol. The highest BCUT2D eigenvalue weighted by Crippen LogP contribution is 2.30. The molecule has 1 heterocycles. The first kappa shape index (κ1) is 18.4. The van der Waals surface area contributed by atoms with E-state index >= 15 is 0 Å². The number of rotatable bonds is 3. The summed E-state index contributed by atoms with van der Waals surface area (Å²) in [6.45, 7) is 3.90. The number of nitrogens with one attached hydrogen (secondary N) is 2. The quantitative estimate of drug-likeness (QED) is 0.867. The van der Waals surface area contributed by atoms with Gasteiger partial charge in [0, 0.05) is 37.3 Å². The predicted octanol–water partition coefficient (Wildman–Crippen LogP) is 2.39. The maximum Gasteiger partial charge on any atom is 0.254 e. The number of benzene rings is 1. The zero-order valence-corrected chi connectivity index (χ0v) is 15.2. The van der Waals surface area contributed by atoms with Crippen LogP contribution in [0.1, 0.15) is 49.9 Å². The Balaban J connectivity index is 1.89. The summed E-state index contributed by atoms with van der Waals surface area (Å²) in [5.41, 5.74) is 1.42. The zero-order valence-electron chi connectivity index (χ0n) is 15.2. The van der Waals surface area contributed by atoms with Gasteiger partial charge < -0.3 is 20.3 Å². The molecule has 2 fully saturated rings. The first-order chi connectivity index (χ1) is 12.4. The molecule has 0 radical (unpaired) electrons. The largest absolute Gasteiger partial charge is 0.374 e. The second kappa shape index (κ2) is 7.86. The highest BCUT2D eigenvalue weighted by atomic mass is 16.5. The number of ether oxygens (including phenoxy) is 1. The van der Waals surface area contributed by atoms with Gasteiger partial charge in [-0.1, -0.05) is 12.8 Å². The van der Waals surface area contributed by atoms with E-state index < -0.39 is 0 Å². The number of fused-ring (bicyclic) bond motifs is 1. The summed E-state index contributed by atoms with van der Waals surface area (Å²) in [5.74, 6) is -0.562. The van der Waals surface area contributed by atoms with Crippen LogP contribution in [-0.2, 0) is 14.3 Å². The van der Waals surface area contributed by atoms with Crippen LogP contribution in [0.2, 0.25) is 0 Å². The van der Waals surface area contributed by atoms with Gasteiger partial charge in [-0.15, -0.1) is 0 Å². The van der Waals surface area contributed by atoms with Crippen LogP contribution in [0.5, 0.6) is 0 Å². The van der Waals surface area contributed by atoms with Crippen molar-refractivity contribution in [1.82, 2.24) is 4.90 Å². The third-order valence-corrected chi connectivity index (χ3v) is 4.81. The van der Waals surface area contributed by atoms with Crippen LogP contribution in [0.25, 0.3) is 0 Å². The van der Waals surface area contributed by atoms with Crippen LogP contribution in [0, 0.1) is 0 Å². The predicted molar refractivity (Wildman–Crippen MR) is 98.1 cm³/mol. The lowest BCUT2D eigenvalue weighted by Gasteiger charge is -2.43. The van der Waals surface area contributed by atoms with E-state index in [9.17, 15) is 14.4 Å². The average molecular weight is 359 g/mol. The van der Waals surface area contributed by atoms with E-state index in [1.807, 2.05) is 4.90 Å². The lowest BCUT2D eigenvalue weighted by atomic mass is 9.89. The van der Waals surface area contributed by atoms with Crippen molar-refractivity contribution in [3.63, 3.8) is 0 Å². The Hall–Kier alpha value is -2.41. The maximum atomic E-state index is 13.2. The third kappa shape index (κ3) is 4.22. The van der Waals surface area contributed by atoms with Gasteiger partial charge in [-0.2, -0.15) is 0 Å². The summed E-state index contributed by atoms with van der Waals surface area (Å²) >= 11 is 0. The minimum Gasteiger partial charge on any atom is -0.374 e. The van der Waals surface area contributed by atoms with Gasteiger partial charge in [0.1, 0.15) is 0 Å². The molecule has 3 rings (SSSR count). The van der Waals surface area contributed by atoms with Crippen LogP contribution in [0.4, 0.5) is 11.4 Å². The molecule has 1 saturated heterocycles. The molecule has 1 aromatic rings. The van der Waals surface area contributed by atoms with E-state index in [0.29, 0.717) is 30.1 Å². The zero-order chi connectivity index (χ0) is 18.7. The van der Waals surface area contributed by atoms with Crippen LogP contribution >= 0.6 is 0 Å². The summed E-state index contributed by atoms with van der Waals surface area (Å²) in [5, 5.41) is 5.37. The Bertz CT molecular complexity index is 682. The second-order valence-corrected chi connectivity index (χ2v) is 6.92. The molecular formula is C19H25N3O4. The van der Waals surface area contributed by atoms with E-state index in [2.05, 4.69) is 10.6 Å². The molecule has 7 heteroatoms. The van der Waals surface area contributed by atoms with Crippen LogP contribution in [0.3, 0.4) is 0 Å². The molecule has 0 unspecified atom stereocenters. The van der Waals surface area contributed by atoms with Crippen molar-refractivity contribution < 1.29 is 19.1 Å². The van der Waals surface area contributed by atoms with E-state index in [1.54, 1.807) is 18.2 Å². The fourth-order valence-electron chi connectivity index (χ4n) is 3.82. The summed E-state index contributed by atoms with van der Waals surface area (Å²) in [7, 11) is 0. The van der Waals surface area contributed by atoms with Crippen LogP contribution < -0.4 is 10.6 Å². The number of hydrogen-bond acceptors (Lipinski definition) is 4. The molecule has 0 aromatic heterocycles. The fraction of sp³-hybridized carbons (Fsp3) is 0.526. The molecule has 1 aliphatic heterocycles. The van der Waals surface area contributed by atoms with Gasteiger partial charge in [-0.05, 0) is 31.0 Å². The summed E-state index contributed by atoms with van der Waals surface area (Å²) in [4.78, 5) is 37.9. The smallest absolute Gasteiger partial charge is 0.254 e. The number of anilines is 2. The molecule has 0 spiro atoms. The van der Waals surface area contributed by atoms with Crippen molar-refractivity contribution in [1.29, 1.82) is 0 Å². The number of morpholine rings is 1. The van der Waals surface area contributed by atoms with Gasteiger partial charge in [-0.3, -0.25) is 14.4 Å². The molecule has 1 aliphatic carbocycles. The normalized spacial score (nSPS) is 22.3. The molecule has 2 aliphatic rings. The lowest BCUT2D eigenvalue weighted by Crippen LogP contribution is -2.54. The van der Waals surface area contributed by atoms with Gasteiger partial charge in [-0.25, -0.2) is 0 Å². The molecule has 1 saturated carbocycles. The SMILES string of the molecule is CC(=O)Nc1cc(NC(C)=O)cc(C(=O)N2CCO[C@@H]3CCCC[C@@H]32)c1. The number of hydrogen-bond donors (Lipinski definition) is 2. The van der Waals surface area contributed by atoms with Crippen molar-refractivity contribution in [2.75, 3.05) is 23.8 Å². The molecule has 3 amide bonds. The molecule has 2 N–H and O–H groups in total. The number of nitrogens with zero attached hydrogens (tertiary/aromatic N) is 1. The number of amides is 3. The van der Waals surface area contributed by atoms with Crippen molar-refractivity contribution in [2.24, 2.45) is 0 Å². The molecular weight excluding hydrogens is 334 g/mol. The van der Waals surface area contributed by atoms with Crippen LogP contribution in [0.15, 0.2) is 18.2 Å². The van der Waals surface area contributed by atoms with Gasteiger partial charge in [0.25, 0.3) is 5.91 Å². The van der Waals surface area contributed by atoms with Gasteiger partial charge >= 0.3 is 0 Å². The van der Waals surface area contributed by atoms with Crippen molar-refractivity contribution in [3.05, 3.63) is 23.8 Å². The fourth-order valence-corrected chi connectivity index (χ4v) is 3.82. The summed E-state index contributed by atoms with van der Waals surface area (Å²) in [6, 6.07) is 5.05. The standard InChI is InChI=1S/C19H25N3O4/c1-12(23)20-15-9-14(10-16(11-15)21-13(2)24)19(25)22-7-8-26-18-6-4-3-5-17(18)22/h9-11,17-18H,3-8H2,1-2H3,(H,20,23)(H,21,24)/t17-,18+/m0/s1. The minimum atomic E-state index is -0.234. The Morgan fingerprint density at radius 2 is 1.62 bits per heavy atom. The molecule has 26 heavy (non-hydrogen) atoms. The molecule has 7 nitrogen and oxygen atoms in total. The first-order valence-corrected chi connectivity index (χ1v) is 9.07. The second-order valence-electron chi connectivity index (χ2n) is 6.92. The van der Waals surface area contributed by atoms with Gasteiger partial charge in [0.15, 0.2) is 0 Å². The van der Waals surface area contributed by atoms with Crippen molar-refractivity contribution >= 4 is 29.1 Å². The summed E-state index contributed by atoms with van der Waals surface area (Å²) < 4.78 is 5.84. The van der Waals surface area contributed by atoms with Crippen molar-refractivity contribution in [3.8, 4) is 0 Å². The molecule has 0 bridgehead atoms. The van der Waals surface area contributed by atoms with Crippen molar-refractivity contribution in [2.45, 2.75) is 51.7 Å². The van der Waals surface area contributed by atoms with E-state index in [4.69, 9.17) is 4.74 Å². The number of carbonyl (C=O) groups excluding carboxylic acids is 3.